The van der Waals surface area contributed by atoms with Gasteiger partial charge in [-0.25, -0.2) is 0 Å². The number of carboxylic acid groups (broad SMARTS) is 1. The van der Waals surface area contributed by atoms with Crippen molar-refractivity contribution >= 4 is 28.6 Å². The third-order valence-corrected chi connectivity index (χ3v) is 4.69. The van der Waals surface area contributed by atoms with Crippen molar-refractivity contribution in [3.63, 3.8) is 0 Å². The second kappa shape index (κ2) is 9.01. The molecule has 0 saturated carbocycles. The number of benzene rings is 3. The molecule has 0 bridgehead atoms. The van der Waals surface area contributed by atoms with Gasteiger partial charge in [0.2, 0.25) is 5.91 Å². The topological polar surface area (TPSA) is 95.5 Å². The Labute approximate surface area is 168 Å². The van der Waals surface area contributed by atoms with Gasteiger partial charge in [0.25, 0.3) is 5.91 Å². The highest BCUT2D eigenvalue weighted by atomic mass is 16.4. The Balaban J connectivity index is 1.88. The molecule has 29 heavy (non-hydrogen) atoms. The molecule has 0 saturated heterocycles. The van der Waals surface area contributed by atoms with E-state index in [4.69, 9.17) is 5.11 Å². The van der Waals surface area contributed by atoms with Crippen LogP contribution in [-0.4, -0.2) is 35.0 Å². The number of carboxylic acids is 1. The highest BCUT2D eigenvalue weighted by Crippen LogP contribution is 2.20. The van der Waals surface area contributed by atoms with Gasteiger partial charge in [0.1, 0.15) is 12.1 Å². The van der Waals surface area contributed by atoms with Gasteiger partial charge in [-0.15, -0.1) is 0 Å². The normalized spacial score (nSPS) is 12.7. The molecule has 0 fully saturated rings. The largest absolute Gasteiger partial charge is 0.480 e. The van der Waals surface area contributed by atoms with E-state index >= 15 is 0 Å². The van der Waals surface area contributed by atoms with Gasteiger partial charge in [-0.05, 0) is 35.4 Å². The Morgan fingerprint density at radius 3 is 2.24 bits per heavy atom. The molecule has 0 aliphatic rings. The van der Waals surface area contributed by atoms with Crippen molar-refractivity contribution in [3.8, 4) is 0 Å². The monoisotopic (exact) mass is 390 g/mol. The summed E-state index contributed by atoms with van der Waals surface area (Å²) in [6.45, 7) is 1.38. The lowest BCUT2D eigenvalue weighted by molar-refractivity contribution is -0.141. The van der Waals surface area contributed by atoms with E-state index in [-0.39, 0.29) is 6.42 Å². The van der Waals surface area contributed by atoms with Crippen LogP contribution in [0.1, 0.15) is 22.8 Å². The first-order valence-electron chi connectivity index (χ1n) is 9.31. The minimum atomic E-state index is -1.14. The molecule has 0 aromatic heterocycles. The Bertz CT molecular complexity index is 1030. The molecule has 0 aliphatic heterocycles. The maximum Gasteiger partial charge on any atom is 0.325 e. The molecule has 0 aliphatic carbocycles. The van der Waals surface area contributed by atoms with Gasteiger partial charge < -0.3 is 15.7 Å². The first-order valence-corrected chi connectivity index (χ1v) is 9.31. The molecular formula is C23H22N2O4. The van der Waals surface area contributed by atoms with Crippen LogP contribution in [0, 0.1) is 0 Å². The molecule has 1 unspecified atom stereocenters. The molecular weight excluding hydrogens is 368 g/mol. The maximum atomic E-state index is 12.8. The lowest BCUT2D eigenvalue weighted by Crippen LogP contribution is -2.51. The highest BCUT2D eigenvalue weighted by Gasteiger charge is 2.25. The zero-order chi connectivity index (χ0) is 20.8. The molecule has 6 heteroatoms. The average Bonchev–Trinajstić information content (AvgIpc) is 2.73. The van der Waals surface area contributed by atoms with E-state index in [0.29, 0.717) is 5.56 Å². The number of nitrogens with one attached hydrogen (secondary N) is 2. The average molecular weight is 390 g/mol. The number of carbonyl (C=O) groups is 3. The van der Waals surface area contributed by atoms with Crippen molar-refractivity contribution in [2.45, 2.75) is 25.4 Å². The van der Waals surface area contributed by atoms with Crippen molar-refractivity contribution in [1.29, 1.82) is 0 Å². The van der Waals surface area contributed by atoms with Crippen molar-refractivity contribution < 1.29 is 19.5 Å². The summed E-state index contributed by atoms with van der Waals surface area (Å²) in [4.78, 5) is 36.5. The molecule has 0 heterocycles. The van der Waals surface area contributed by atoms with Crippen LogP contribution in [-0.2, 0) is 16.0 Å². The van der Waals surface area contributed by atoms with Gasteiger partial charge in [-0.3, -0.25) is 14.4 Å². The summed E-state index contributed by atoms with van der Waals surface area (Å²) in [5.41, 5.74) is 1.31. The first kappa shape index (κ1) is 20.1. The number of fused-ring (bicyclic) bond motifs is 1. The van der Waals surface area contributed by atoms with Gasteiger partial charge in [0.05, 0.1) is 0 Å². The quantitative estimate of drug-likeness (QED) is 0.578. The fraction of sp³-hybridized carbons (Fsp3) is 0.174. The van der Waals surface area contributed by atoms with Gasteiger partial charge >= 0.3 is 5.97 Å². The second-order valence-corrected chi connectivity index (χ2v) is 6.80. The summed E-state index contributed by atoms with van der Waals surface area (Å²) in [7, 11) is 0. The Morgan fingerprint density at radius 2 is 1.52 bits per heavy atom. The van der Waals surface area contributed by atoms with E-state index < -0.39 is 29.9 Å². The summed E-state index contributed by atoms with van der Waals surface area (Å²) in [5, 5.41) is 16.3. The summed E-state index contributed by atoms with van der Waals surface area (Å²) >= 11 is 0. The van der Waals surface area contributed by atoms with Gasteiger partial charge in [0.15, 0.2) is 0 Å². The zero-order valence-electron chi connectivity index (χ0n) is 16.0. The molecule has 3 rings (SSSR count). The number of rotatable bonds is 7. The number of hydrogen-bond acceptors (Lipinski definition) is 3. The number of amides is 2. The van der Waals surface area contributed by atoms with Crippen LogP contribution in [0.3, 0.4) is 0 Å². The molecule has 6 nitrogen and oxygen atoms in total. The van der Waals surface area contributed by atoms with Crippen molar-refractivity contribution in [2.75, 3.05) is 0 Å². The summed E-state index contributed by atoms with van der Waals surface area (Å²) < 4.78 is 0. The molecule has 3 N–H and O–H groups in total. The van der Waals surface area contributed by atoms with E-state index in [0.717, 1.165) is 16.3 Å². The molecule has 2 amide bonds. The number of carbonyl (C=O) groups excluding carboxylic acids is 2. The molecule has 2 atom stereocenters. The van der Waals surface area contributed by atoms with E-state index in [1.807, 2.05) is 42.5 Å². The number of aliphatic carboxylic acids is 1. The minimum absolute atomic E-state index is 0.234. The zero-order valence-corrected chi connectivity index (χ0v) is 16.0. The fourth-order valence-corrected chi connectivity index (χ4v) is 3.11. The van der Waals surface area contributed by atoms with Crippen molar-refractivity contribution in [2.24, 2.45) is 0 Å². The smallest absolute Gasteiger partial charge is 0.325 e. The molecule has 0 radical (unpaired) electrons. The molecule has 3 aromatic carbocycles. The first-order chi connectivity index (χ1) is 14.0. The van der Waals surface area contributed by atoms with E-state index in [2.05, 4.69) is 10.6 Å². The van der Waals surface area contributed by atoms with E-state index in [1.165, 1.54) is 6.92 Å². The van der Waals surface area contributed by atoms with Crippen LogP contribution >= 0.6 is 0 Å². The van der Waals surface area contributed by atoms with Crippen LogP contribution in [0.15, 0.2) is 72.8 Å². The Kier molecular flexibility index (Phi) is 6.24. The van der Waals surface area contributed by atoms with Crippen molar-refractivity contribution in [1.82, 2.24) is 10.6 Å². The minimum Gasteiger partial charge on any atom is -0.480 e. The predicted octanol–water partition coefficient (Wildman–Crippen LogP) is 2.77. The van der Waals surface area contributed by atoms with Crippen LogP contribution in [0.2, 0.25) is 0 Å². The third kappa shape index (κ3) is 4.99. The third-order valence-electron chi connectivity index (χ3n) is 4.69. The maximum absolute atomic E-state index is 12.8. The van der Waals surface area contributed by atoms with E-state index in [9.17, 15) is 14.4 Å². The standard InChI is InChI=1S/C23H22N2O4/c1-15(23(28)29)24-22(27)20(25-21(26)17-9-3-2-4-10-17)14-18-12-7-11-16-8-5-6-13-19(16)18/h2-13,15,20H,14H2,1H3,(H,24,27)(H,25,26)(H,28,29)/t15-,20?/m0/s1. The SMILES string of the molecule is C[C@H](NC(=O)C(Cc1cccc2ccccc12)NC(=O)c1ccccc1)C(=O)O. The Morgan fingerprint density at radius 1 is 0.862 bits per heavy atom. The van der Waals surface area contributed by atoms with Crippen LogP contribution in [0.25, 0.3) is 10.8 Å². The predicted molar refractivity (Wildman–Crippen MR) is 111 cm³/mol. The summed E-state index contributed by atoms with van der Waals surface area (Å²) in [6.07, 6.45) is 0.234. The Hall–Kier alpha value is -3.67. The lowest BCUT2D eigenvalue weighted by atomic mass is 9.98. The summed E-state index contributed by atoms with van der Waals surface area (Å²) in [5.74, 6) is -2.08. The van der Waals surface area contributed by atoms with E-state index in [1.54, 1.807) is 30.3 Å². The second-order valence-electron chi connectivity index (χ2n) is 6.80. The fourth-order valence-electron chi connectivity index (χ4n) is 3.11. The van der Waals surface area contributed by atoms with Gasteiger partial charge in [0, 0.05) is 12.0 Å². The molecule has 0 spiro atoms. The van der Waals surface area contributed by atoms with Crippen LogP contribution in [0.4, 0.5) is 0 Å². The number of hydrogen-bond donors (Lipinski definition) is 3. The summed E-state index contributed by atoms with van der Waals surface area (Å²) in [6, 6.07) is 20.1. The molecule has 3 aromatic rings. The lowest BCUT2D eigenvalue weighted by Gasteiger charge is -2.21. The van der Waals surface area contributed by atoms with Crippen LogP contribution < -0.4 is 10.6 Å². The highest BCUT2D eigenvalue weighted by molar-refractivity contribution is 5.98. The van der Waals surface area contributed by atoms with Crippen molar-refractivity contribution in [3.05, 3.63) is 83.9 Å². The molecule has 148 valence electrons. The van der Waals surface area contributed by atoms with Crippen LogP contribution in [0.5, 0.6) is 0 Å². The van der Waals surface area contributed by atoms with Gasteiger partial charge in [-0.2, -0.15) is 0 Å². The van der Waals surface area contributed by atoms with Gasteiger partial charge in [-0.1, -0.05) is 60.7 Å².